The Morgan fingerprint density at radius 1 is 1.14 bits per heavy atom. The molecule has 1 heterocycles. The number of nitriles is 1. The van der Waals surface area contributed by atoms with E-state index in [0.717, 1.165) is 11.1 Å². The quantitative estimate of drug-likeness (QED) is 0.792. The average molecular weight is 298 g/mol. The second kappa shape index (κ2) is 5.04. The van der Waals surface area contributed by atoms with E-state index in [-0.39, 0.29) is 11.8 Å². The van der Waals surface area contributed by atoms with Crippen molar-refractivity contribution < 1.29 is 4.74 Å². The number of nitrogen functional groups attached to an aromatic ring is 1. The fourth-order valence-corrected chi connectivity index (χ4v) is 2.70. The summed E-state index contributed by atoms with van der Waals surface area (Å²) in [6.07, 6.45) is 0. The number of hydrogen-bond donors (Lipinski definition) is 2. The van der Waals surface area contributed by atoms with Crippen LogP contribution in [0, 0.1) is 11.3 Å². The van der Waals surface area contributed by atoms with Gasteiger partial charge in [0.25, 0.3) is 0 Å². The Kier molecular flexibility index (Phi) is 3.20. The fraction of sp³-hybridized carbons (Fsp3) is 0.0625. The van der Waals surface area contributed by atoms with Crippen LogP contribution in [0.4, 0.5) is 5.69 Å². The number of nitrogens with two attached hydrogens (primary N) is 2. The van der Waals surface area contributed by atoms with Gasteiger partial charge in [0.05, 0.1) is 5.92 Å². The Morgan fingerprint density at radius 2 is 1.95 bits per heavy atom. The minimum Gasteiger partial charge on any atom is -0.440 e. The third kappa shape index (κ3) is 2.28. The first-order valence-corrected chi connectivity index (χ1v) is 6.70. The van der Waals surface area contributed by atoms with E-state index >= 15 is 0 Å². The number of rotatable bonds is 1. The van der Waals surface area contributed by atoms with Gasteiger partial charge in [0.15, 0.2) is 0 Å². The van der Waals surface area contributed by atoms with E-state index < -0.39 is 0 Å². The summed E-state index contributed by atoms with van der Waals surface area (Å²) in [6.45, 7) is 0. The maximum atomic E-state index is 9.42. The molecule has 5 heteroatoms. The van der Waals surface area contributed by atoms with E-state index in [4.69, 9.17) is 27.8 Å². The molecular weight excluding hydrogens is 286 g/mol. The van der Waals surface area contributed by atoms with Gasteiger partial charge in [-0.05, 0) is 23.8 Å². The molecule has 2 aromatic carbocycles. The summed E-state index contributed by atoms with van der Waals surface area (Å²) < 4.78 is 5.52. The van der Waals surface area contributed by atoms with Crippen LogP contribution in [-0.4, -0.2) is 0 Å². The molecule has 1 atom stereocenters. The molecule has 2 aromatic rings. The summed E-state index contributed by atoms with van der Waals surface area (Å²) >= 11 is 6.06. The lowest BCUT2D eigenvalue weighted by atomic mass is 9.83. The third-order valence-electron chi connectivity index (χ3n) is 3.43. The first-order chi connectivity index (χ1) is 10.1. The zero-order valence-corrected chi connectivity index (χ0v) is 11.8. The largest absolute Gasteiger partial charge is 0.440 e. The van der Waals surface area contributed by atoms with Crippen LogP contribution in [0.15, 0.2) is 53.9 Å². The van der Waals surface area contributed by atoms with Crippen LogP contribution in [0.2, 0.25) is 5.02 Å². The van der Waals surface area contributed by atoms with Gasteiger partial charge in [0.1, 0.15) is 17.4 Å². The van der Waals surface area contributed by atoms with Crippen molar-refractivity contribution in [2.24, 2.45) is 5.73 Å². The summed E-state index contributed by atoms with van der Waals surface area (Å²) in [5.41, 5.74) is 14.3. The molecule has 0 bridgehead atoms. The van der Waals surface area contributed by atoms with Crippen LogP contribution in [0.3, 0.4) is 0 Å². The van der Waals surface area contributed by atoms with Crippen LogP contribution in [0.1, 0.15) is 17.0 Å². The SMILES string of the molecule is N#CC1=C(N)Oc2cc(N)ccc2[C@H]1c1cccc(Cl)c1. The molecule has 4 nitrogen and oxygen atoms in total. The highest BCUT2D eigenvalue weighted by Gasteiger charge is 2.30. The van der Waals surface area contributed by atoms with Crippen molar-refractivity contribution >= 4 is 17.3 Å². The topological polar surface area (TPSA) is 85.1 Å². The zero-order chi connectivity index (χ0) is 15.0. The summed E-state index contributed by atoms with van der Waals surface area (Å²) in [6, 6.07) is 14.8. The van der Waals surface area contributed by atoms with Gasteiger partial charge in [-0.15, -0.1) is 0 Å². The van der Waals surface area contributed by atoms with Gasteiger partial charge in [-0.1, -0.05) is 29.8 Å². The minimum absolute atomic E-state index is 0.0978. The predicted molar refractivity (Wildman–Crippen MR) is 81.6 cm³/mol. The summed E-state index contributed by atoms with van der Waals surface area (Å²) in [7, 11) is 0. The molecule has 0 spiro atoms. The summed E-state index contributed by atoms with van der Waals surface area (Å²) in [5, 5.41) is 10.0. The van der Waals surface area contributed by atoms with Crippen molar-refractivity contribution in [3.05, 3.63) is 70.1 Å². The number of hydrogen-bond acceptors (Lipinski definition) is 4. The average Bonchev–Trinajstić information content (AvgIpc) is 2.45. The lowest BCUT2D eigenvalue weighted by Gasteiger charge is -2.26. The number of ether oxygens (including phenoxy) is 1. The Labute approximate surface area is 127 Å². The van der Waals surface area contributed by atoms with Crippen LogP contribution < -0.4 is 16.2 Å². The van der Waals surface area contributed by atoms with E-state index in [1.54, 1.807) is 18.2 Å². The van der Waals surface area contributed by atoms with Crippen molar-refractivity contribution in [2.45, 2.75) is 5.92 Å². The van der Waals surface area contributed by atoms with E-state index in [2.05, 4.69) is 6.07 Å². The second-order valence-electron chi connectivity index (χ2n) is 4.78. The molecule has 3 rings (SSSR count). The Hall–Kier alpha value is -2.64. The monoisotopic (exact) mass is 297 g/mol. The number of allylic oxidation sites excluding steroid dienone is 1. The highest BCUT2D eigenvalue weighted by molar-refractivity contribution is 6.30. The zero-order valence-electron chi connectivity index (χ0n) is 11.0. The van der Waals surface area contributed by atoms with Crippen LogP contribution in [0.25, 0.3) is 0 Å². The minimum atomic E-state index is -0.307. The van der Waals surface area contributed by atoms with Gasteiger partial charge in [-0.2, -0.15) is 5.26 Å². The fourth-order valence-electron chi connectivity index (χ4n) is 2.50. The molecule has 0 aliphatic carbocycles. The van der Waals surface area contributed by atoms with Gasteiger partial charge >= 0.3 is 0 Å². The van der Waals surface area contributed by atoms with E-state index in [0.29, 0.717) is 22.0 Å². The number of benzene rings is 2. The number of halogens is 1. The molecule has 0 saturated carbocycles. The summed E-state index contributed by atoms with van der Waals surface area (Å²) in [5.74, 6) is 0.357. The van der Waals surface area contributed by atoms with E-state index in [9.17, 15) is 5.26 Å². The van der Waals surface area contributed by atoms with Crippen LogP contribution in [-0.2, 0) is 0 Å². The molecule has 0 unspecified atom stereocenters. The third-order valence-corrected chi connectivity index (χ3v) is 3.66. The van der Waals surface area contributed by atoms with Crippen molar-refractivity contribution in [3.63, 3.8) is 0 Å². The molecule has 0 fully saturated rings. The van der Waals surface area contributed by atoms with Gasteiger partial charge in [-0.25, -0.2) is 0 Å². The molecule has 4 N–H and O–H groups in total. The molecule has 1 aliphatic heterocycles. The lowest BCUT2D eigenvalue weighted by molar-refractivity contribution is 0.394. The molecular formula is C16H12ClN3O. The molecule has 104 valence electrons. The standard InChI is InChI=1S/C16H12ClN3O/c17-10-3-1-2-9(6-10)15-12-5-4-11(19)7-14(12)21-16(20)13(15)8-18/h1-7,15H,19-20H2/t15-/m1/s1. The van der Waals surface area contributed by atoms with Gasteiger partial charge in [-0.3, -0.25) is 0 Å². The molecule has 21 heavy (non-hydrogen) atoms. The van der Waals surface area contributed by atoms with Crippen LogP contribution in [0.5, 0.6) is 5.75 Å². The van der Waals surface area contributed by atoms with Gasteiger partial charge in [0, 0.05) is 22.3 Å². The van der Waals surface area contributed by atoms with E-state index in [1.165, 1.54) is 0 Å². The summed E-state index contributed by atoms with van der Waals surface area (Å²) in [4.78, 5) is 0. The number of anilines is 1. The first-order valence-electron chi connectivity index (χ1n) is 6.32. The maximum absolute atomic E-state index is 9.42. The Bertz CT molecular complexity index is 792. The smallest absolute Gasteiger partial charge is 0.205 e. The Balaban J connectivity index is 2.24. The molecule has 0 aromatic heterocycles. The molecule has 1 aliphatic rings. The van der Waals surface area contributed by atoms with E-state index in [1.807, 2.05) is 24.3 Å². The molecule has 0 radical (unpaired) electrons. The van der Waals surface area contributed by atoms with Crippen molar-refractivity contribution in [2.75, 3.05) is 5.73 Å². The van der Waals surface area contributed by atoms with Crippen molar-refractivity contribution in [1.82, 2.24) is 0 Å². The first kappa shape index (κ1) is 13.3. The normalized spacial score (nSPS) is 16.9. The van der Waals surface area contributed by atoms with Crippen molar-refractivity contribution in [1.29, 1.82) is 5.26 Å². The Morgan fingerprint density at radius 3 is 2.67 bits per heavy atom. The van der Waals surface area contributed by atoms with Gasteiger partial charge < -0.3 is 16.2 Å². The molecule has 0 saturated heterocycles. The second-order valence-corrected chi connectivity index (χ2v) is 5.21. The van der Waals surface area contributed by atoms with Crippen LogP contribution >= 0.6 is 11.6 Å². The highest BCUT2D eigenvalue weighted by atomic mass is 35.5. The molecule has 0 amide bonds. The maximum Gasteiger partial charge on any atom is 0.205 e. The predicted octanol–water partition coefficient (Wildman–Crippen LogP) is 3.14. The number of nitrogens with zero attached hydrogens (tertiary/aromatic N) is 1. The number of fused-ring (bicyclic) bond motifs is 1. The highest BCUT2D eigenvalue weighted by Crippen LogP contribution is 2.42. The van der Waals surface area contributed by atoms with Gasteiger partial charge in [0.2, 0.25) is 5.88 Å². The lowest BCUT2D eigenvalue weighted by Crippen LogP contribution is -2.21. The van der Waals surface area contributed by atoms with Crippen molar-refractivity contribution in [3.8, 4) is 11.8 Å².